The van der Waals surface area contributed by atoms with E-state index in [4.69, 9.17) is 4.74 Å². The Morgan fingerprint density at radius 1 is 1.30 bits per heavy atom. The fourth-order valence-electron chi connectivity index (χ4n) is 1.64. The molecule has 0 spiro atoms. The molecule has 0 heterocycles. The van der Waals surface area contributed by atoms with Gasteiger partial charge in [-0.1, -0.05) is 0 Å². The van der Waals surface area contributed by atoms with Gasteiger partial charge in [-0.15, -0.1) is 0 Å². The van der Waals surface area contributed by atoms with Gasteiger partial charge < -0.3 is 20.3 Å². The fraction of sp³-hybridized carbons (Fsp3) is 0.429. The van der Waals surface area contributed by atoms with Crippen LogP contribution in [0.1, 0.15) is 16.8 Å². The van der Waals surface area contributed by atoms with Crippen molar-refractivity contribution < 1.29 is 14.3 Å². The van der Waals surface area contributed by atoms with Crippen molar-refractivity contribution in [2.75, 3.05) is 40.1 Å². The van der Waals surface area contributed by atoms with Crippen LogP contribution >= 0.6 is 0 Å². The van der Waals surface area contributed by atoms with Crippen LogP contribution in [0.2, 0.25) is 0 Å². The Labute approximate surface area is 119 Å². The summed E-state index contributed by atoms with van der Waals surface area (Å²) in [5.74, 6) is 0.246. The minimum atomic E-state index is -0.114. The van der Waals surface area contributed by atoms with Gasteiger partial charge >= 0.3 is 0 Å². The van der Waals surface area contributed by atoms with Crippen molar-refractivity contribution in [3.05, 3.63) is 23.8 Å². The lowest BCUT2D eigenvalue weighted by atomic mass is 10.1. The molecule has 0 saturated carbocycles. The molecule has 0 aliphatic rings. The van der Waals surface area contributed by atoms with Crippen LogP contribution in [0.5, 0.6) is 5.75 Å². The molecule has 1 aromatic carbocycles. The number of rotatable bonds is 6. The molecule has 6 nitrogen and oxygen atoms in total. The molecule has 1 aromatic rings. The normalized spacial score (nSPS) is 10.0. The van der Waals surface area contributed by atoms with Gasteiger partial charge in [-0.25, -0.2) is 0 Å². The van der Waals surface area contributed by atoms with Gasteiger partial charge in [0.2, 0.25) is 5.91 Å². The average Bonchev–Trinajstić information content (AvgIpc) is 2.44. The first-order valence-electron chi connectivity index (χ1n) is 6.33. The smallest absolute Gasteiger partial charge is 0.253 e. The molecule has 0 atom stereocenters. The van der Waals surface area contributed by atoms with Gasteiger partial charge in [-0.3, -0.25) is 9.59 Å². The van der Waals surface area contributed by atoms with E-state index in [-0.39, 0.29) is 11.8 Å². The molecule has 0 aliphatic carbocycles. The number of nitrogens with zero attached hydrogens (tertiary/aromatic N) is 1. The molecule has 0 saturated heterocycles. The zero-order valence-electron chi connectivity index (χ0n) is 12.3. The number of methoxy groups -OCH3 is 1. The Bertz CT molecular complexity index is 487. The zero-order chi connectivity index (χ0) is 15.1. The third-order valence-corrected chi connectivity index (χ3v) is 2.73. The van der Waals surface area contributed by atoms with Crippen LogP contribution in [-0.2, 0) is 4.79 Å². The predicted molar refractivity (Wildman–Crippen MR) is 78.2 cm³/mol. The molecule has 110 valence electrons. The summed E-state index contributed by atoms with van der Waals surface area (Å²) < 4.78 is 5.22. The maximum Gasteiger partial charge on any atom is 0.253 e. The lowest BCUT2D eigenvalue weighted by Gasteiger charge is -2.14. The van der Waals surface area contributed by atoms with Crippen LogP contribution < -0.4 is 15.4 Å². The summed E-state index contributed by atoms with van der Waals surface area (Å²) in [4.78, 5) is 25.0. The monoisotopic (exact) mass is 279 g/mol. The second kappa shape index (κ2) is 7.49. The standard InChI is InChI=1S/C14H21N3O3/c1-15-8-7-13(18)16-11-6-5-10(9-12(11)20-4)14(19)17(2)3/h5-6,9,15H,7-8H2,1-4H3,(H,16,18). The summed E-state index contributed by atoms with van der Waals surface area (Å²) >= 11 is 0. The molecule has 0 aromatic heterocycles. The number of anilines is 1. The van der Waals surface area contributed by atoms with E-state index in [1.807, 2.05) is 0 Å². The van der Waals surface area contributed by atoms with Crippen LogP contribution in [0, 0.1) is 0 Å². The van der Waals surface area contributed by atoms with E-state index < -0.39 is 0 Å². The minimum Gasteiger partial charge on any atom is -0.495 e. The highest BCUT2D eigenvalue weighted by molar-refractivity contribution is 5.97. The number of ether oxygens (including phenoxy) is 1. The lowest BCUT2D eigenvalue weighted by molar-refractivity contribution is -0.116. The second-order valence-corrected chi connectivity index (χ2v) is 4.52. The molecule has 2 amide bonds. The van der Waals surface area contributed by atoms with Gasteiger partial charge in [0.05, 0.1) is 12.8 Å². The summed E-state index contributed by atoms with van der Waals surface area (Å²) in [6.45, 7) is 0.603. The van der Waals surface area contributed by atoms with Crippen molar-refractivity contribution in [1.29, 1.82) is 0 Å². The van der Waals surface area contributed by atoms with Crippen LogP contribution in [0.4, 0.5) is 5.69 Å². The third-order valence-electron chi connectivity index (χ3n) is 2.73. The van der Waals surface area contributed by atoms with E-state index in [0.717, 1.165) is 0 Å². The molecule has 2 N–H and O–H groups in total. The Kier molecular flexibility index (Phi) is 5.99. The molecular weight excluding hydrogens is 258 g/mol. The van der Waals surface area contributed by atoms with Gasteiger partial charge in [0.25, 0.3) is 5.91 Å². The summed E-state index contributed by atoms with van der Waals surface area (Å²) in [6.07, 6.45) is 0.373. The van der Waals surface area contributed by atoms with Gasteiger partial charge in [0, 0.05) is 32.6 Å². The van der Waals surface area contributed by atoms with Crippen LogP contribution in [0.15, 0.2) is 18.2 Å². The van der Waals surface area contributed by atoms with Crippen molar-refractivity contribution in [2.24, 2.45) is 0 Å². The highest BCUT2D eigenvalue weighted by Gasteiger charge is 2.13. The first kappa shape index (κ1) is 16.0. The van der Waals surface area contributed by atoms with Crippen molar-refractivity contribution >= 4 is 17.5 Å². The molecule has 20 heavy (non-hydrogen) atoms. The summed E-state index contributed by atoms with van der Waals surface area (Å²) in [5, 5.41) is 5.67. The number of nitrogens with one attached hydrogen (secondary N) is 2. The molecule has 0 aliphatic heterocycles. The van der Waals surface area contributed by atoms with E-state index in [1.165, 1.54) is 12.0 Å². The fourth-order valence-corrected chi connectivity index (χ4v) is 1.64. The zero-order valence-corrected chi connectivity index (χ0v) is 12.3. The quantitative estimate of drug-likeness (QED) is 0.813. The summed E-state index contributed by atoms with van der Waals surface area (Å²) in [6, 6.07) is 4.96. The molecule has 0 fully saturated rings. The van der Waals surface area contributed by atoms with Crippen LogP contribution in [-0.4, -0.2) is 51.5 Å². The maximum absolute atomic E-state index is 11.9. The average molecular weight is 279 g/mol. The molecule has 0 unspecified atom stereocenters. The van der Waals surface area contributed by atoms with E-state index >= 15 is 0 Å². The topological polar surface area (TPSA) is 70.7 Å². The summed E-state index contributed by atoms with van der Waals surface area (Å²) in [5.41, 5.74) is 1.07. The first-order valence-corrected chi connectivity index (χ1v) is 6.33. The molecule has 0 radical (unpaired) electrons. The van der Waals surface area contributed by atoms with E-state index in [2.05, 4.69) is 10.6 Å². The second-order valence-electron chi connectivity index (χ2n) is 4.52. The highest BCUT2D eigenvalue weighted by Crippen LogP contribution is 2.26. The van der Waals surface area contributed by atoms with Crippen molar-refractivity contribution in [3.8, 4) is 5.75 Å². The number of hydrogen-bond acceptors (Lipinski definition) is 4. The molecular formula is C14H21N3O3. The van der Waals surface area contributed by atoms with Gasteiger partial charge in [-0.05, 0) is 25.2 Å². The lowest BCUT2D eigenvalue weighted by Crippen LogP contribution is -2.22. The number of amides is 2. The third kappa shape index (κ3) is 4.24. The Morgan fingerprint density at radius 3 is 2.55 bits per heavy atom. The first-order chi connectivity index (χ1) is 9.49. The van der Waals surface area contributed by atoms with Crippen molar-refractivity contribution in [3.63, 3.8) is 0 Å². The number of hydrogen-bond donors (Lipinski definition) is 2. The Balaban J connectivity index is 2.88. The molecule has 6 heteroatoms. The van der Waals surface area contributed by atoms with Crippen LogP contribution in [0.3, 0.4) is 0 Å². The number of carbonyl (C=O) groups excluding carboxylic acids is 2. The number of benzene rings is 1. The van der Waals surface area contributed by atoms with Gasteiger partial charge in [-0.2, -0.15) is 0 Å². The van der Waals surface area contributed by atoms with Crippen molar-refractivity contribution in [1.82, 2.24) is 10.2 Å². The largest absolute Gasteiger partial charge is 0.495 e. The predicted octanol–water partition coefficient (Wildman–Crippen LogP) is 0.945. The van der Waals surface area contributed by atoms with Crippen molar-refractivity contribution in [2.45, 2.75) is 6.42 Å². The minimum absolute atomic E-state index is 0.107. The van der Waals surface area contributed by atoms with E-state index in [0.29, 0.717) is 30.0 Å². The van der Waals surface area contributed by atoms with Crippen LogP contribution in [0.25, 0.3) is 0 Å². The SMILES string of the molecule is CNCCC(=O)Nc1ccc(C(=O)N(C)C)cc1OC. The maximum atomic E-state index is 11.9. The molecule has 0 bridgehead atoms. The Hall–Kier alpha value is -2.08. The number of carbonyl (C=O) groups is 2. The van der Waals surface area contributed by atoms with E-state index in [1.54, 1.807) is 39.3 Å². The molecule has 1 rings (SSSR count). The van der Waals surface area contributed by atoms with E-state index in [9.17, 15) is 9.59 Å². The van der Waals surface area contributed by atoms with Gasteiger partial charge in [0.1, 0.15) is 5.75 Å². The van der Waals surface area contributed by atoms with Gasteiger partial charge in [0.15, 0.2) is 0 Å². The Morgan fingerprint density at radius 2 is 2.00 bits per heavy atom. The highest BCUT2D eigenvalue weighted by atomic mass is 16.5. The summed E-state index contributed by atoms with van der Waals surface area (Å²) in [7, 11) is 6.66.